The molecule has 0 atom stereocenters. The maximum Gasteiger partial charge on any atom is 0.249 e. The van der Waals surface area contributed by atoms with E-state index in [-0.39, 0.29) is 5.82 Å². The van der Waals surface area contributed by atoms with Gasteiger partial charge in [-0.25, -0.2) is 9.97 Å². The monoisotopic (exact) mass is 174 g/mol. The van der Waals surface area contributed by atoms with Crippen LogP contribution in [0.5, 0.6) is 0 Å². The molecule has 2 rings (SSSR count). The Hall–Kier alpha value is -2.09. The van der Waals surface area contributed by atoms with Crippen LogP contribution < -0.4 is 4.84 Å². The highest BCUT2D eigenvalue weighted by molar-refractivity contribution is 5.71. The Morgan fingerprint density at radius 1 is 1.62 bits per heavy atom. The highest BCUT2D eigenvalue weighted by atomic mass is 16.6. The molecule has 0 N–H and O–H groups in total. The SMILES string of the molecule is COn1c(C#N)nc2cccnc21. The van der Waals surface area contributed by atoms with Crippen LogP contribution in [0.3, 0.4) is 0 Å². The first kappa shape index (κ1) is 7.55. The molecule has 0 aromatic carbocycles. The third-order valence-corrected chi connectivity index (χ3v) is 1.66. The maximum atomic E-state index is 8.71. The van der Waals surface area contributed by atoms with Gasteiger partial charge in [-0.3, -0.25) is 0 Å². The fourth-order valence-corrected chi connectivity index (χ4v) is 1.14. The molecule has 0 saturated carbocycles. The molecule has 64 valence electrons. The third kappa shape index (κ3) is 0.999. The van der Waals surface area contributed by atoms with E-state index in [1.54, 1.807) is 18.3 Å². The normalized spacial score (nSPS) is 9.85. The molecule has 5 heteroatoms. The lowest BCUT2D eigenvalue weighted by molar-refractivity contribution is 0.173. The Morgan fingerprint density at radius 2 is 2.46 bits per heavy atom. The standard InChI is InChI=1S/C8H6N4O/c1-13-12-7(5-9)11-6-3-2-4-10-8(6)12/h2-4H,1H3. The number of aromatic nitrogens is 3. The van der Waals surface area contributed by atoms with Crippen molar-refractivity contribution in [3.63, 3.8) is 0 Å². The van der Waals surface area contributed by atoms with Crippen molar-refractivity contribution < 1.29 is 4.84 Å². The van der Waals surface area contributed by atoms with Gasteiger partial charge in [0.15, 0.2) is 5.65 Å². The molecule has 0 fully saturated rings. The second kappa shape index (κ2) is 2.75. The van der Waals surface area contributed by atoms with Crippen molar-refractivity contribution in [2.45, 2.75) is 0 Å². The molecule has 0 saturated heterocycles. The molecule has 0 aliphatic rings. The first-order valence-electron chi connectivity index (χ1n) is 3.65. The van der Waals surface area contributed by atoms with Crippen molar-refractivity contribution in [2.75, 3.05) is 7.11 Å². The predicted molar refractivity (Wildman–Crippen MR) is 44.7 cm³/mol. The maximum absolute atomic E-state index is 8.71. The molecule has 0 unspecified atom stereocenters. The number of pyridine rings is 1. The van der Waals surface area contributed by atoms with Gasteiger partial charge in [0.05, 0.1) is 0 Å². The topological polar surface area (TPSA) is 63.7 Å². The first-order chi connectivity index (χ1) is 6.36. The zero-order chi connectivity index (χ0) is 9.26. The number of rotatable bonds is 1. The van der Waals surface area contributed by atoms with Crippen molar-refractivity contribution in [2.24, 2.45) is 0 Å². The molecule has 2 aromatic heterocycles. The number of nitriles is 1. The highest BCUT2D eigenvalue weighted by Crippen LogP contribution is 2.10. The summed E-state index contributed by atoms with van der Waals surface area (Å²) in [4.78, 5) is 13.0. The second-order valence-corrected chi connectivity index (χ2v) is 2.37. The van der Waals surface area contributed by atoms with Gasteiger partial charge in [-0.15, -0.1) is 4.73 Å². The van der Waals surface area contributed by atoms with E-state index in [0.717, 1.165) is 0 Å². The number of nitrogens with zero attached hydrogens (tertiary/aromatic N) is 4. The lowest BCUT2D eigenvalue weighted by Gasteiger charge is -1.99. The van der Waals surface area contributed by atoms with E-state index in [1.807, 2.05) is 6.07 Å². The summed E-state index contributed by atoms with van der Waals surface area (Å²) in [6.07, 6.45) is 1.63. The fourth-order valence-electron chi connectivity index (χ4n) is 1.14. The van der Waals surface area contributed by atoms with E-state index < -0.39 is 0 Å². The summed E-state index contributed by atoms with van der Waals surface area (Å²) in [5.74, 6) is 0.205. The van der Waals surface area contributed by atoms with E-state index in [1.165, 1.54) is 11.8 Å². The zero-order valence-corrected chi connectivity index (χ0v) is 6.93. The molecular formula is C8H6N4O. The summed E-state index contributed by atoms with van der Waals surface area (Å²) in [5.41, 5.74) is 1.21. The molecule has 2 heterocycles. The molecule has 2 aromatic rings. The average Bonchev–Trinajstić information content (AvgIpc) is 2.55. The molecule has 0 amide bonds. The lowest BCUT2D eigenvalue weighted by atomic mass is 10.4. The minimum Gasteiger partial charge on any atom is -0.413 e. The van der Waals surface area contributed by atoms with Gasteiger partial charge in [-0.05, 0) is 12.1 Å². The summed E-state index contributed by atoms with van der Waals surface area (Å²) in [5, 5.41) is 8.71. The Morgan fingerprint density at radius 3 is 3.15 bits per heavy atom. The number of hydrogen-bond donors (Lipinski definition) is 0. The quantitative estimate of drug-likeness (QED) is 0.626. The molecule has 0 aliphatic carbocycles. The molecular weight excluding hydrogens is 168 g/mol. The zero-order valence-electron chi connectivity index (χ0n) is 6.93. The predicted octanol–water partition coefficient (Wildman–Crippen LogP) is 0.361. The second-order valence-electron chi connectivity index (χ2n) is 2.37. The van der Waals surface area contributed by atoms with Gasteiger partial charge in [0.25, 0.3) is 0 Å². The molecule has 0 aliphatic heterocycles. The van der Waals surface area contributed by atoms with Crippen molar-refractivity contribution in [1.82, 2.24) is 14.7 Å². The molecule has 5 nitrogen and oxygen atoms in total. The Bertz CT molecular complexity index is 482. The minimum absolute atomic E-state index is 0.205. The van der Waals surface area contributed by atoms with Crippen LogP contribution in [0.1, 0.15) is 5.82 Å². The Labute approximate surface area is 74.2 Å². The average molecular weight is 174 g/mol. The highest BCUT2D eigenvalue weighted by Gasteiger charge is 2.10. The number of imidazole rings is 1. The molecule has 13 heavy (non-hydrogen) atoms. The van der Waals surface area contributed by atoms with Crippen molar-refractivity contribution in [3.05, 3.63) is 24.2 Å². The van der Waals surface area contributed by atoms with Crippen LogP contribution in [0.25, 0.3) is 11.2 Å². The van der Waals surface area contributed by atoms with Crippen LogP contribution in [-0.2, 0) is 0 Å². The van der Waals surface area contributed by atoms with Gasteiger partial charge in [0, 0.05) is 6.20 Å². The first-order valence-corrected chi connectivity index (χ1v) is 3.65. The van der Waals surface area contributed by atoms with E-state index in [2.05, 4.69) is 9.97 Å². The van der Waals surface area contributed by atoms with Crippen LogP contribution in [0, 0.1) is 11.3 Å². The summed E-state index contributed by atoms with van der Waals surface area (Å²) < 4.78 is 1.30. The van der Waals surface area contributed by atoms with Gasteiger partial charge in [-0.1, -0.05) is 0 Å². The van der Waals surface area contributed by atoms with Crippen LogP contribution >= 0.6 is 0 Å². The van der Waals surface area contributed by atoms with Gasteiger partial charge in [0.1, 0.15) is 18.7 Å². The van der Waals surface area contributed by atoms with Crippen molar-refractivity contribution in [3.8, 4) is 6.07 Å². The van der Waals surface area contributed by atoms with Gasteiger partial charge >= 0.3 is 0 Å². The third-order valence-electron chi connectivity index (χ3n) is 1.66. The summed E-state index contributed by atoms with van der Waals surface area (Å²) in [6.45, 7) is 0. The van der Waals surface area contributed by atoms with E-state index in [9.17, 15) is 0 Å². The summed E-state index contributed by atoms with van der Waals surface area (Å²) in [6, 6.07) is 5.46. The largest absolute Gasteiger partial charge is 0.413 e. The Kier molecular flexibility index (Phi) is 1.60. The summed E-state index contributed by atoms with van der Waals surface area (Å²) >= 11 is 0. The minimum atomic E-state index is 0.205. The van der Waals surface area contributed by atoms with Gasteiger partial charge < -0.3 is 4.84 Å². The fraction of sp³-hybridized carbons (Fsp3) is 0.125. The summed E-state index contributed by atoms with van der Waals surface area (Å²) in [7, 11) is 1.47. The van der Waals surface area contributed by atoms with E-state index >= 15 is 0 Å². The van der Waals surface area contributed by atoms with Gasteiger partial charge in [0.2, 0.25) is 5.82 Å². The molecule has 0 spiro atoms. The number of hydrogen-bond acceptors (Lipinski definition) is 4. The van der Waals surface area contributed by atoms with Crippen LogP contribution in [0.15, 0.2) is 18.3 Å². The van der Waals surface area contributed by atoms with Gasteiger partial charge in [-0.2, -0.15) is 5.26 Å². The molecule has 0 radical (unpaired) electrons. The van der Waals surface area contributed by atoms with Crippen LogP contribution in [-0.4, -0.2) is 21.8 Å². The van der Waals surface area contributed by atoms with Crippen molar-refractivity contribution >= 4 is 11.2 Å². The lowest BCUT2D eigenvalue weighted by Crippen LogP contribution is -2.08. The number of fused-ring (bicyclic) bond motifs is 1. The molecule has 0 bridgehead atoms. The Balaban J connectivity index is 2.83. The smallest absolute Gasteiger partial charge is 0.249 e. The van der Waals surface area contributed by atoms with Crippen molar-refractivity contribution in [1.29, 1.82) is 5.26 Å². The van der Waals surface area contributed by atoms with Crippen LogP contribution in [0.4, 0.5) is 0 Å². The van der Waals surface area contributed by atoms with E-state index in [4.69, 9.17) is 10.1 Å². The van der Waals surface area contributed by atoms with E-state index in [0.29, 0.717) is 11.2 Å². The van der Waals surface area contributed by atoms with Crippen LogP contribution in [0.2, 0.25) is 0 Å².